The summed E-state index contributed by atoms with van der Waals surface area (Å²) in [5.41, 5.74) is 5.82. The average molecular weight is 247 g/mol. The molecule has 0 unspecified atom stereocenters. The van der Waals surface area contributed by atoms with Gasteiger partial charge < -0.3 is 20.7 Å². The van der Waals surface area contributed by atoms with Crippen molar-refractivity contribution >= 4 is 16.7 Å². The molecule has 0 bridgehead atoms. The second-order valence-corrected chi connectivity index (χ2v) is 3.68. The number of aromatic nitrogens is 1. The lowest BCUT2D eigenvalue weighted by atomic mass is 10.1. The van der Waals surface area contributed by atoms with Crippen molar-refractivity contribution in [3.8, 4) is 5.75 Å². The van der Waals surface area contributed by atoms with Crippen LogP contribution in [0.15, 0.2) is 34.2 Å². The van der Waals surface area contributed by atoms with Crippen LogP contribution in [0, 0.1) is 0 Å². The molecule has 2 aromatic rings. The molecule has 0 fully saturated rings. The van der Waals surface area contributed by atoms with Gasteiger partial charge in [0.1, 0.15) is 5.75 Å². The number of H-pyrrole nitrogens is 1. The summed E-state index contributed by atoms with van der Waals surface area (Å²) in [7, 11) is 0. The maximum absolute atomic E-state index is 11.7. The van der Waals surface area contributed by atoms with Gasteiger partial charge in [-0.05, 0) is 31.2 Å². The first kappa shape index (κ1) is 12.0. The summed E-state index contributed by atoms with van der Waals surface area (Å²) in [4.78, 5) is 14.3. The van der Waals surface area contributed by atoms with Crippen molar-refractivity contribution in [2.24, 2.45) is 10.9 Å². The van der Waals surface area contributed by atoms with Crippen LogP contribution in [-0.4, -0.2) is 22.6 Å². The Morgan fingerprint density at radius 3 is 2.94 bits per heavy atom. The summed E-state index contributed by atoms with van der Waals surface area (Å²) in [6.07, 6.45) is 0. The predicted molar refractivity (Wildman–Crippen MR) is 68.2 cm³/mol. The molecule has 6 heteroatoms. The minimum Gasteiger partial charge on any atom is -0.494 e. The molecule has 0 amide bonds. The molecule has 1 aromatic heterocycles. The van der Waals surface area contributed by atoms with E-state index in [1.54, 1.807) is 24.3 Å². The highest BCUT2D eigenvalue weighted by Gasteiger charge is 2.07. The zero-order valence-corrected chi connectivity index (χ0v) is 9.80. The maximum atomic E-state index is 11.7. The smallest absolute Gasteiger partial charge is 0.259 e. The summed E-state index contributed by atoms with van der Waals surface area (Å²) in [6, 6.07) is 6.86. The van der Waals surface area contributed by atoms with Crippen LogP contribution in [0.1, 0.15) is 12.5 Å². The van der Waals surface area contributed by atoms with Gasteiger partial charge >= 0.3 is 0 Å². The van der Waals surface area contributed by atoms with Gasteiger partial charge in [-0.3, -0.25) is 4.79 Å². The van der Waals surface area contributed by atoms with Crippen LogP contribution in [0.3, 0.4) is 0 Å². The normalized spacial score (nSPS) is 11.7. The maximum Gasteiger partial charge on any atom is 0.259 e. The molecule has 0 aliphatic carbocycles. The van der Waals surface area contributed by atoms with E-state index in [1.165, 1.54) is 0 Å². The average Bonchev–Trinajstić information content (AvgIpc) is 2.38. The van der Waals surface area contributed by atoms with E-state index in [2.05, 4.69) is 10.1 Å². The Kier molecular flexibility index (Phi) is 3.18. The number of benzene rings is 1. The van der Waals surface area contributed by atoms with E-state index in [-0.39, 0.29) is 11.4 Å². The second-order valence-electron chi connectivity index (χ2n) is 3.68. The molecule has 0 spiro atoms. The first-order valence-corrected chi connectivity index (χ1v) is 5.43. The largest absolute Gasteiger partial charge is 0.494 e. The number of hydrogen-bond donors (Lipinski definition) is 3. The van der Waals surface area contributed by atoms with Crippen molar-refractivity contribution in [3.63, 3.8) is 0 Å². The van der Waals surface area contributed by atoms with Gasteiger partial charge in [0.25, 0.3) is 5.56 Å². The van der Waals surface area contributed by atoms with Gasteiger partial charge in [-0.15, -0.1) is 0 Å². The van der Waals surface area contributed by atoms with Gasteiger partial charge in [-0.1, -0.05) is 5.16 Å². The summed E-state index contributed by atoms with van der Waals surface area (Å²) in [5, 5.41) is 12.2. The number of aromatic amines is 1. The lowest BCUT2D eigenvalue weighted by Gasteiger charge is -2.05. The van der Waals surface area contributed by atoms with Crippen LogP contribution in [0.5, 0.6) is 5.75 Å². The Morgan fingerprint density at radius 2 is 2.28 bits per heavy atom. The van der Waals surface area contributed by atoms with Crippen LogP contribution < -0.4 is 16.0 Å². The molecular weight excluding hydrogens is 234 g/mol. The fourth-order valence-electron chi connectivity index (χ4n) is 1.69. The van der Waals surface area contributed by atoms with Crippen LogP contribution in [0.25, 0.3) is 10.9 Å². The lowest BCUT2D eigenvalue weighted by molar-refractivity contribution is 0.318. The highest BCUT2D eigenvalue weighted by Crippen LogP contribution is 2.19. The third-order valence-corrected chi connectivity index (χ3v) is 2.51. The van der Waals surface area contributed by atoms with Crippen molar-refractivity contribution in [2.45, 2.75) is 6.92 Å². The summed E-state index contributed by atoms with van der Waals surface area (Å²) in [6.45, 7) is 2.45. The summed E-state index contributed by atoms with van der Waals surface area (Å²) < 4.78 is 5.37. The third-order valence-electron chi connectivity index (χ3n) is 2.51. The first-order valence-electron chi connectivity index (χ1n) is 5.43. The van der Waals surface area contributed by atoms with Gasteiger partial charge in [0.2, 0.25) is 0 Å². The SMILES string of the molecule is CCOc1ccc2[nH]c(=O)c(/C(N)=N\O)cc2c1. The number of hydrogen-bond acceptors (Lipinski definition) is 4. The number of rotatable bonds is 3. The monoisotopic (exact) mass is 247 g/mol. The van der Waals surface area contributed by atoms with E-state index < -0.39 is 5.56 Å². The highest BCUT2D eigenvalue weighted by molar-refractivity contribution is 5.99. The topological polar surface area (TPSA) is 101 Å². The van der Waals surface area contributed by atoms with Crippen LogP contribution >= 0.6 is 0 Å². The molecule has 0 aliphatic rings. The second kappa shape index (κ2) is 4.79. The molecule has 0 atom stereocenters. The number of oxime groups is 1. The number of pyridine rings is 1. The van der Waals surface area contributed by atoms with Gasteiger partial charge in [-0.2, -0.15) is 0 Å². The fourth-order valence-corrected chi connectivity index (χ4v) is 1.69. The Morgan fingerprint density at radius 1 is 1.50 bits per heavy atom. The molecule has 6 nitrogen and oxygen atoms in total. The lowest BCUT2D eigenvalue weighted by Crippen LogP contribution is -2.24. The Balaban J connectivity index is 2.63. The molecule has 0 radical (unpaired) electrons. The van der Waals surface area contributed by atoms with Crippen molar-refractivity contribution in [1.82, 2.24) is 4.98 Å². The molecule has 1 aromatic carbocycles. The number of ether oxygens (including phenoxy) is 1. The summed E-state index contributed by atoms with van der Waals surface area (Å²) in [5.74, 6) is 0.475. The highest BCUT2D eigenvalue weighted by atomic mass is 16.5. The van der Waals surface area contributed by atoms with Crippen LogP contribution in [-0.2, 0) is 0 Å². The van der Waals surface area contributed by atoms with Gasteiger partial charge in [0.15, 0.2) is 5.84 Å². The van der Waals surface area contributed by atoms with Gasteiger partial charge in [-0.25, -0.2) is 0 Å². The molecule has 2 rings (SSSR count). The van der Waals surface area contributed by atoms with Crippen molar-refractivity contribution in [1.29, 1.82) is 0 Å². The number of nitrogens with two attached hydrogens (primary N) is 1. The van der Waals surface area contributed by atoms with Crippen molar-refractivity contribution in [2.75, 3.05) is 6.61 Å². The zero-order valence-electron chi connectivity index (χ0n) is 9.80. The van der Waals surface area contributed by atoms with Crippen LogP contribution in [0.2, 0.25) is 0 Å². The minimum absolute atomic E-state index is 0.124. The van der Waals surface area contributed by atoms with Crippen LogP contribution in [0.4, 0.5) is 0 Å². The third kappa shape index (κ3) is 2.13. The van der Waals surface area contributed by atoms with E-state index in [9.17, 15) is 4.79 Å². The molecule has 0 aliphatic heterocycles. The Labute approximate surface area is 103 Å². The minimum atomic E-state index is -0.401. The first-order chi connectivity index (χ1) is 8.65. The Hall–Kier alpha value is -2.50. The molecule has 1 heterocycles. The number of amidine groups is 1. The number of fused-ring (bicyclic) bond motifs is 1. The molecule has 18 heavy (non-hydrogen) atoms. The molecule has 0 saturated heterocycles. The van der Waals surface area contributed by atoms with Gasteiger partial charge in [0, 0.05) is 10.9 Å². The molecule has 0 saturated carbocycles. The van der Waals surface area contributed by atoms with E-state index in [4.69, 9.17) is 15.7 Å². The van der Waals surface area contributed by atoms with E-state index in [0.29, 0.717) is 17.9 Å². The standard InChI is InChI=1S/C12H13N3O3/c1-2-18-8-3-4-10-7(5-8)6-9(11(13)15-17)12(16)14-10/h3-6,17H,2H2,1H3,(H2,13,15)(H,14,16). The van der Waals surface area contributed by atoms with Gasteiger partial charge in [0.05, 0.1) is 12.2 Å². The summed E-state index contributed by atoms with van der Waals surface area (Å²) >= 11 is 0. The Bertz CT molecular complexity index is 661. The zero-order chi connectivity index (χ0) is 13.1. The molecule has 94 valence electrons. The van der Waals surface area contributed by atoms with Crippen molar-refractivity contribution in [3.05, 3.63) is 40.2 Å². The number of nitrogens with zero attached hydrogens (tertiary/aromatic N) is 1. The predicted octanol–water partition coefficient (Wildman–Crippen LogP) is 1.02. The van der Waals surface area contributed by atoms with E-state index >= 15 is 0 Å². The van der Waals surface area contributed by atoms with Crippen molar-refractivity contribution < 1.29 is 9.94 Å². The quantitative estimate of drug-likeness (QED) is 0.326. The van der Waals surface area contributed by atoms with E-state index in [1.807, 2.05) is 6.92 Å². The van der Waals surface area contributed by atoms with E-state index in [0.717, 1.165) is 5.39 Å². The molecule has 4 N–H and O–H groups in total. The fraction of sp³-hybridized carbons (Fsp3) is 0.167. The number of nitrogens with one attached hydrogen (secondary N) is 1. The molecular formula is C12H13N3O3.